The van der Waals surface area contributed by atoms with Crippen LogP contribution in [0, 0.1) is 5.82 Å². The second-order valence-corrected chi connectivity index (χ2v) is 7.41. The van der Waals surface area contributed by atoms with Gasteiger partial charge in [-0.15, -0.1) is 0 Å². The molecule has 0 aliphatic carbocycles. The topological polar surface area (TPSA) is 83.7 Å². The fourth-order valence-corrected chi connectivity index (χ4v) is 4.05. The Bertz CT molecular complexity index is 901. The van der Waals surface area contributed by atoms with Crippen molar-refractivity contribution in [2.45, 2.75) is 38.9 Å². The van der Waals surface area contributed by atoms with Gasteiger partial charge in [0.15, 0.2) is 0 Å². The van der Waals surface area contributed by atoms with Crippen LogP contribution in [0.1, 0.15) is 41.3 Å². The number of nitrogens with two attached hydrogens (primary N) is 1. The first-order chi connectivity index (χ1) is 14.1. The van der Waals surface area contributed by atoms with Crippen LogP contribution in [-0.2, 0) is 17.8 Å². The highest BCUT2D eigenvalue weighted by molar-refractivity contribution is 6.00. The van der Waals surface area contributed by atoms with Gasteiger partial charge >= 0.3 is 0 Å². The van der Waals surface area contributed by atoms with Gasteiger partial charge in [0.2, 0.25) is 0 Å². The minimum atomic E-state index is -0.499. The lowest BCUT2D eigenvalue weighted by molar-refractivity contribution is 0.0904. The highest BCUT2D eigenvalue weighted by Crippen LogP contribution is 2.38. The number of nitrogens with zero attached hydrogens (tertiary/aromatic N) is 3. The van der Waals surface area contributed by atoms with Crippen molar-refractivity contribution >= 4 is 17.4 Å². The number of amides is 1. The number of carbonyl (C=O) groups excluding carboxylic acids is 1. The lowest BCUT2D eigenvalue weighted by atomic mass is 10.0. The summed E-state index contributed by atoms with van der Waals surface area (Å²) in [5, 5.41) is 7.72. The molecule has 29 heavy (non-hydrogen) atoms. The van der Waals surface area contributed by atoms with Crippen LogP contribution in [0.4, 0.5) is 15.9 Å². The second-order valence-electron chi connectivity index (χ2n) is 7.41. The number of hydrogen-bond donors (Lipinski definition) is 2. The number of fused-ring (bicyclic) bond motifs is 1. The van der Waals surface area contributed by atoms with Crippen molar-refractivity contribution in [1.82, 2.24) is 9.99 Å². The van der Waals surface area contributed by atoms with Crippen LogP contribution in [0.3, 0.4) is 0 Å². The largest absolute Gasteiger partial charge is 0.381 e. The van der Waals surface area contributed by atoms with Crippen molar-refractivity contribution in [3.63, 3.8) is 0 Å². The smallest absolute Gasteiger partial charge is 0.252 e. The lowest BCUT2D eigenvalue weighted by Gasteiger charge is -2.28. The van der Waals surface area contributed by atoms with E-state index in [0.717, 1.165) is 35.5 Å². The molecule has 3 heterocycles. The summed E-state index contributed by atoms with van der Waals surface area (Å²) in [7, 11) is 0. The van der Waals surface area contributed by atoms with Gasteiger partial charge in [-0.2, -0.15) is 0 Å². The van der Waals surface area contributed by atoms with E-state index in [1.54, 1.807) is 18.3 Å². The summed E-state index contributed by atoms with van der Waals surface area (Å²) in [5.74, 6) is 0.0585. The van der Waals surface area contributed by atoms with Gasteiger partial charge in [0.25, 0.3) is 5.91 Å². The van der Waals surface area contributed by atoms with Gasteiger partial charge in [-0.25, -0.2) is 14.4 Å². The van der Waals surface area contributed by atoms with Crippen LogP contribution < -0.4 is 16.1 Å². The summed E-state index contributed by atoms with van der Waals surface area (Å²) in [6.07, 6.45) is 3.30. The predicted octanol–water partition coefficient (Wildman–Crippen LogP) is 2.67. The molecule has 8 heteroatoms. The Morgan fingerprint density at radius 1 is 1.38 bits per heavy atom. The Morgan fingerprint density at radius 2 is 2.17 bits per heavy atom. The van der Waals surface area contributed by atoms with Gasteiger partial charge < -0.3 is 15.8 Å². The normalized spacial score (nSPS) is 17.4. The molecule has 2 aromatic rings. The predicted molar refractivity (Wildman–Crippen MR) is 109 cm³/mol. The molecule has 4 rings (SSSR count). The number of ether oxygens (including phenoxy) is 1. The Labute approximate surface area is 169 Å². The quantitative estimate of drug-likeness (QED) is 0.777. The monoisotopic (exact) mass is 399 g/mol. The zero-order valence-electron chi connectivity index (χ0n) is 16.5. The van der Waals surface area contributed by atoms with E-state index in [4.69, 9.17) is 10.5 Å². The van der Waals surface area contributed by atoms with Crippen LogP contribution in [0.2, 0.25) is 0 Å². The van der Waals surface area contributed by atoms with Crippen molar-refractivity contribution in [1.29, 1.82) is 0 Å². The summed E-state index contributed by atoms with van der Waals surface area (Å²) < 4.78 is 19.1. The van der Waals surface area contributed by atoms with E-state index in [1.807, 2.05) is 13.0 Å². The third-order valence-corrected chi connectivity index (χ3v) is 5.47. The molecule has 7 nitrogen and oxygen atoms in total. The molecule has 1 aromatic heterocycles. The number of primary amides is 1. The van der Waals surface area contributed by atoms with E-state index in [9.17, 15) is 9.18 Å². The maximum Gasteiger partial charge on any atom is 0.252 e. The molecular formula is C21H26FN5O2. The molecule has 1 fully saturated rings. The number of nitrogens with one attached hydrogen (secondary N) is 1. The molecule has 154 valence electrons. The molecule has 1 aromatic carbocycles. The molecule has 1 saturated heterocycles. The van der Waals surface area contributed by atoms with Crippen LogP contribution in [0.25, 0.3) is 0 Å². The average molecular weight is 399 g/mol. The molecule has 0 atom stereocenters. The van der Waals surface area contributed by atoms with Crippen molar-refractivity contribution < 1.29 is 13.9 Å². The lowest BCUT2D eigenvalue weighted by Crippen LogP contribution is -2.37. The second kappa shape index (κ2) is 8.34. The third-order valence-electron chi connectivity index (χ3n) is 5.47. The molecule has 0 spiro atoms. The van der Waals surface area contributed by atoms with Crippen LogP contribution in [-0.4, -0.2) is 41.7 Å². The Hall–Kier alpha value is -2.71. The van der Waals surface area contributed by atoms with Gasteiger partial charge in [0, 0.05) is 50.7 Å². The SMILES string of the molecule is CCN1c2ncc(C(N)=O)c(NC3CCOCC3)c2CN1Cc1cccc(F)c1. The highest BCUT2D eigenvalue weighted by atomic mass is 19.1. The number of rotatable bonds is 6. The number of hydrogen-bond acceptors (Lipinski definition) is 6. The minimum Gasteiger partial charge on any atom is -0.381 e. The Kier molecular flexibility index (Phi) is 5.64. The molecule has 0 radical (unpaired) electrons. The molecule has 1 amide bonds. The molecule has 0 unspecified atom stereocenters. The maximum atomic E-state index is 13.6. The fourth-order valence-electron chi connectivity index (χ4n) is 4.05. The number of pyridine rings is 1. The number of benzene rings is 1. The third kappa shape index (κ3) is 4.04. The maximum absolute atomic E-state index is 13.6. The molecule has 2 aliphatic rings. The summed E-state index contributed by atoms with van der Waals surface area (Å²) in [5.41, 5.74) is 8.63. The fraction of sp³-hybridized carbons (Fsp3) is 0.429. The van der Waals surface area contributed by atoms with Crippen LogP contribution in [0.15, 0.2) is 30.5 Å². The molecular weight excluding hydrogens is 373 g/mol. The Morgan fingerprint density at radius 3 is 2.86 bits per heavy atom. The van der Waals surface area contributed by atoms with Crippen molar-refractivity contribution in [2.75, 3.05) is 30.1 Å². The minimum absolute atomic E-state index is 0.223. The number of anilines is 2. The highest BCUT2D eigenvalue weighted by Gasteiger charge is 2.32. The molecule has 2 aliphatic heterocycles. The summed E-state index contributed by atoms with van der Waals surface area (Å²) >= 11 is 0. The van der Waals surface area contributed by atoms with Gasteiger partial charge in [-0.3, -0.25) is 9.80 Å². The van der Waals surface area contributed by atoms with Crippen LogP contribution >= 0.6 is 0 Å². The van der Waals surface area contributed by atoms with Gasteiger partial charge in [0.1, 0.15) is 11.6 Å². The summed E-state index contributed by atoms with van der Waals surface area (Å²) in [6, 6.07) is 6.83. The number of hydrazine groups is 1. The Balaban J connectivity index is 1.66. The number of carbonyl (C=O) groups is 1. The van der Waals surface area contributed by atoms with E-state index in [2.05, 4.69) is 20.3 Å². The van der Waals surface area contributed by atoms with Gasteiger partial charge in [-0.1, -0.05) is 12.1 Å². The van der Waals surface area contributed by atoms with E-state index >= 15 is 0 Å². The van der Waals surface area contributed by atoms with Crippen molar-refractivity contribution in [3.05, 3.63) is 53.0 Å². The average Bonchev–Trinajstić information content (AvgIpc) is 3.06. The first-order valence-corrected chi connectivity index (χ1v) is 9.99. The van der Waals surface area contributed by atoms with E-state index in [0.29, 0.717) is 38.4 Å². The summed E-state index contributed by atoms with van der Waals surface area (Å²) in [6.45, 7) is 5.27. The molecule has 3 N–H and O–H groups in total. The zero-order valence-corrected chi connectivity index (χ0v) is 16.5. The zero-order chi connectivity index (χ0) is 20.4. The van der Waals surface area contributed by atoms with Gasteiger partial charge in [0.05, 0.1) is 11.3 Å². The summed E-state index contributed by atoms with van der Waals surface area (Å²) in [4.78, 5) is 16.6. The molecule has 0 bridgehead atoms. The van der Waals surface area contributed by atoms with Crippen molar-refractivity contribution in [3.8, 4) is 0 Å². The van der Waals surface area contributed by atoms with E-state index in [1.165, 1.54) is 6.07 Å². The van der Waals surface area contributed by atoms with E-state index < -0.39 is 5.91 Å². The number of aromatic nitrogens is 1. The molecule has 0 saturated carbocycles. The van der Waals surface area contributed by atoms with Gasteiger partial charge in [-0.05, 0) is 37.5 Å². The number of halogens is 1. The first kappa shape index (κ1) is 19.6. The van der Waals surface area contributed by atoms with Crippen LogP contribution in [0.5, 0.6) is 0 Å². The van der Waals surface area contributed by atoms with Crippen molar-refractivity contribution in [2.24, 2.45) is 5.73 Å². The first-order valence-electron chi connectivity index (χ1n) is 9.99. The van der Waals surface area contributed by atoms with E-state index in [-0.39, 0.29) is 11.9 Å². The standard InChI is InChI=1S/C21H26FN5O2/c1-2-27-21-18(13-26(27)12-14-4-3-5-15(22)10-14)19(17(11-24-21)20(23)28)25-16-6-8-29-9-7-16/h3-5,10-11,16H,2,6-9,12-13H2,1H3,(H2,23,28)(H,24,25).